The average molecular weight is 313 g/mol. The molecular formula is C17H19N3O3. The molecule has 2 amide bonds. The van der Waals surface area contributed by atoms with E-state index in [2.05, 4.69) is 10.3 Å². The van der Waals surface area contributed by atoms with Crippen LogP contribution in [0.5, 0.6) is 0 Å². The fourth-order valence-corrected chi connectivity index (χ4v) is 2.76. The summed E-state index contributed by atoms with van der Waals surface area (Å²) in [5.41, 5.74) is 1.75. The first-order valence-corrected chi connectivity index (χ1v) is 7.66. The van der Waals surface area contributed by atoms with Gasteiger partial charge in [0.05, 0.1) is 11.7 Å². The van der Waals surface area contributed by atoms with E-state index < -0.39 is 0 Å². The van der Waals surface area contributed by atoms with Crippen molar-refractivity contribution < 1.29 is 14.0 Å². The van der Waals surface area contributed by atoms with E-state index in [1.807, 2.05) is 30.3 Å². The van der Waals surface area contributed by atoms with Gasteiger partial charge in [-0.3, -0.25) is 9.59 Å². The van der Waals surface area contributed by atoms with Crippen molar-refractivity contribution in [1.29, 1.82) is 0 Å². The van der Waals surface area contributed by atoms with Crippen LogP contribution >= 0.6 is 0 Å². The van der Waals surface area contributed by atoms with Crippen LogP contribution in [0.2, 0.25) is 0 Å². The number of likely N-dealkylation sites (tertiary alicyclic amines) is 1. The number of hydrogen-bond donors (Lipinski definition) is 1. The van der Waals surface area contributed by atoms with E-state index in [0.717, 1.165) is 6.42 Å². The second kappa shape index (κ2) is 6.64. The minimum Gasteiger partial charge on any atom is -0.438 e. The van der Waals surface area contributed by atoms with Crippen molar-refractivity contribution in [3.8, 4) is 0 Å². The van der Waals surface area contributed by atoms with Crippen LogP contribution in [-0.2, 0) is 11.2 Å². The van der Waals surface area contributed by atoms with Gasteiger partial charge in [-0.05, 0) is 18.9 Å². The number of hydrogen-bond acceptors (Lipinski definition) is 4. The van der Waals surface area contributed by atoms with E-state index in [1.165, 1.54) is 12.0 Å². The summed E-state index contributed by atoms with van der Waals surface area (Å²) in [7, 11) is 0. The van der Waals surface area contributed by atoms with Crippen LogP contribution in [0.25, 0.3) is 0 Å². The Balaban J connectivity index is 1.53. The molecule has 6 nitrogen and oxygen atoms in total. The SMILES string of the molecule is Cc1ncoc1C(=O)NC1CC(=O)N(CCc2ccccc2)C1. The number of benzene rings is 1. The molecule has 3 rings (SSSR count). The molecule has 2 aromatic rings. The molecule has 1 aromatic heterocycles. The lowest BCUT2D eigenvalue weighted by molar-refractivity contribution is -0.127. The zero-order valence-electron chi connectivity index (χ0n) is 13.0. The van der Waals surface area contributed by atoms with E-state index in [-0.39, 0.29) is 23.6 Å². The normalized spacial score (nSPS) is 17.5. The molecule has 0 spiro atoms. The number of amides is 2. The third-order valence-electron chi connectivity index (χ3n) is 4.01. The maximum atomic E-state index is 12.1. The van der Waals surface area contributed by atoms with Gasteiger partial charge in [-0.15, -0.1) is 0 Å². The quantitative estimate of drug-likeness (QED) is 0.909. The van der Waals surface area contributed by atoms with E-state index in [0.29, 0.717) is 25.2 Å². The van der Waals surface area contributed by atoms with Gasteiger partial charge in [0.2, 0.25) is 11.7 Å². The zero-order chi connectivity index (χ0) is 16.2. The lowest BCUT2D eigenvalue weighted by Gasteiger charge is -2.17. The van der Waals surface area contributed by atoms with Crippen LogP contribution in [0.4, 0.5) is 0 Å². The Hall–Kier alpha value is -2.63. The van der Waals surface area contributed by atoms with Gasteiger partial charge < -0.3 is 14.6 Å². The fourth-order valence-electron chi connectivity index (χ4n) is 2.76. The Bertz CT molecular complexity index is 696. The van der Waals surface area contributed by atoms with Crippen LogP contribution in [0.3, 0.4) is 0 Å². The summed E-state index contributed by atoms with van der Waals surface area (Å²) in [6.45, 7) is 2.91. The Kier molecular flexibility index (Phi) is 4.41. The molecule has 1 atom stereocenters. The molecule has 1 N–H and O–H groups in total. The second-order valence-electron chi connectivity index (χ2n) is 5.72. The van der Waals surface area contributed by atoms with Crippen molar-refractivity contribution in [2.75, 3.05) is 13.1 Å². The smallest absolute Gasteiger partial charge is 0.289 e. The van der Waals surface area contributed by atoms with Crippen LogP contribution in [0.15, 0.2) is 41.1 Å². The van der Waals surface area contributed by atoms with Gasteiger partial charge in [-0.1, -0.05) is 30.3 Å². The molecule has 1 saturated heterocycles. The fraction of sp³-hybridized carbons (Fsp3) is 0.353. The summed E-state index contributed by atoms with van der Waals surface area (Å²) in [5, 5.41) is 2.85. The van der Waals surface area contributed by atoms with Gasteiger partial charge in [-0.25, -0.2) is 4.98 Å². The summed E-state index contributed by atoms with van der Waals surface area (Å²) in [6.07, 6.45) is 2.39. The Morgan fingerprint density at radius 2 is 2.17 bits per heavy atom. The third kappa shape index (κ3) is 3.59. The summed E-state index contributed by atoms with van der Waals surface area (Å²) < 4.78 is 5.07. The molecule has 1 aromatic carbocycles. The summed E-state index contributed by atoms with van der Waals surface area (Å²) in [6, 6.07) is 9.86. The van der Waals surface area contributed by atoms with Crippen molar-refractivity contribution in [2.24, 2.45) is 0 Å². The highest BCUT2D eigenvalue weighted by Crippen LogP contribution is 2.14. The van der Waals surface area contributed by atoms with E-state index >= 15 is 0 Å². The summed E-state index contributed by atoms with van der Waals surface area (Å²) >= 11 is 0. The molecule has 0 bridgehead atoms. The van der Waals surface area contributed by atoms with Gasteiger partial charge >= 0.3 is 0 Å². The Morgan fingerprint density at radius 3 is 2.87 bits per heavy atom. The molecule has 0 aliphatic carbocycles. The third-order valence-corrected chi connectivity index (χ3v) is 4.01. The van der Waals surface area contributed by atoms with E-state index in [1.54, 1.807) is 11.8 Å². The topological polar surface area (TPSA) is 75.4 Å². The highest BCUT2D eigenvalue weighted by molar-refractivity contribution is 5.93. The van der Waals surface area contributed by atoms with Gasteiger partial charge in [-0.2, -0.15) is 0 Å². The van der Waals surface area contributed by atoms with Gasteiger partial charge in [0.1, 0.15) is 0 Å². The molecule has 1 aliphatic rings. The number of nitrogens with zero attached hydrogens (tertiary/aromatic N) is 2. The first kappa shape index (κ1) is 15.3. The molecule has 0 radical (unpaired) electrons. The standard InChI is InChI=1S/C17H19N3O3/c1-12-16(23-11-18-12)17(22)19-14-9-15(21)20(10-14)8-7-13-5-3-2-4-6-13/h2-6,11,14H,7-10H2,1H3,(H,19,22). The van der Waals surface area contributed by atoms with Crippen molar-refractivity contribution in [3.63, 3.8) is 0 Å². The van der Waals surface area contributed by atoms with Crippen molar-refractivity contribution in [3.05, 3.63) is 53.7 Å². The number of rotatable bonds is 5. The monoisotopic (exact) mass is 313 g/mol. The number of carbonyl (C=O) groups is 2. The zero-order valence-corrected chi connectivity index (χ0v) is 13.0. The molecule has 23 heavy (non-hydrogen) atoms. The van der Waals surface area contributed by atoms with Crippen LogP contribution < -0.4 is 5.32 Å². The number of aromatic nitrogens is 1. The molecule has 120 valence electrons. The molecule has 0 saturated carbocycles. The number of oxazole rings is 1. The van der Waals surface area contributed by atoms with Crippen molar-refractivity contribution >= 4 is 11.8 Å². The number of carbonyl (C=O) groups excluding carboxylic acids is 2. The predicted molar refractivity (Wildman–Crippen MR) is 83.8 cm³/mol. The maximum Gasteiger partial charge on any atom is 0.289 e. The van der Waals surface area contributed by atoms with Crippen molar-refractivity contribution in [2.45, 2.75) is 25.8 Å². The number of aryl methyl sites for hydroxylation is 1. The van der Waals surface area contributed by atoms with Gasteiger partial charge in [0.25, 0.3) is 5.91 Å². The largest absolute Gasteiger partial charge is 0.438 e. The predicted octanol–water partition coefficient (Wildman–Crippen LogP) is 1.56. The minimum absolute atomic E-state index is 0.0699. The Labute approximate surface area is 134 Å². The lowest BCUT2D eigenvalue weighted by Crippen LogP contribution is -2.37. The first-order chi connectivity index (χ1) is 11.1. The molecule has 1 unspecified atom stereocenters. The minimum atomic E-state index is -0.317. The molecule has 1 aliphatic heterocycles. The molecule has 2 heterocycles. The summed E-state index contributed by atoms with van der Waals surface area (Å²) in [4.78, 5) is 29.9. The van der Waals surface area contributed by atoms with Crippen LogP contribution in [-0.4, -0.2) is 40.8 Å². The van der Waals surface area contributed by atoms with E-state index in [4.69, 9.17) is 4.42 Å². The highest BCUT2D eigenvalue weighted by atomic mass is 16.3. The van der Waals surface area contributed by atoms with Gasteiger partial charge in [0, 0.05) is 19.5 Å². The lowest BCUT2D eigenvalue weighted by atomic mass is 10.1. The van der Waals surface area contributed by atoms with Gasteiger partial charge in [0.15, 0.2) is 6.39 Å². The number of nitrogens with one attached hydrogen (secondary N) is 1. The van der Waals surface area contributed by atoms with E-state index in [9.17, 15) is 9.59 Å². The summed E-state index contributed by atoms with van der Waals surface area (Å²) in [5.74, 6) is -0.0385. The molecule has 6 heteroatoms. The highest BCUT2D eigenvalue weighted by Gasteiger charge is 2.31. The second-order valence-corrected chi connectivity index (χ2v) is 5.72. The maximum absolute atomic E-state index is 12.1. The average Bonchev–Trinajstić information content (AvgIpc) is 3.12. The molecule has 1 fully saturated rings. The Morgan fingerprint density at radius 1 is 1.39 bits per heavy atom. The van der Waals surface area contributed by atoms with Crippen LogP contribution in [0, 0.1) is 6.92 Å². The first-order valence-electron chi connectivity index (χ1n) is 7.66. The van der Waals surface area contributed by atoms with Crippen LogP contribution in [0.1, 0.15) is 28.2 Å². The molecular weight excluding hydrogens is 294 g/mol. The van der Waals surface area contributed by atoms with Crippen molar-refractivity contribution in [1.82, 2.24) is 15.2 Å².